The van der Waals surface area contributed by atoms with E-state index in [2.05, 4.69) is 22.3 Å². The van der Waals surface area contributed by atoms with Gasteiger partial charge in [-0.25, -0.2) is 0 Å². The highest BCUT2D eigenvalue weighted by atomic mass is 127. The average molecular weight is 468 g/mol. The zero-order chi connectivity index (χ0) is 18.9. The van der Waals surface area contributed by atoms with E-state index in [0.29, 0.717) is 17.8 Å². The molecule has 0 bridgehead atoms. The Bertz CT molecular complexity index is 943. The summed E-state index contributed by atoms with van der Waals surface area (Å²) < 4.78 is 3.23. The number of allylic oxidation sites excluding steroid dienone is 1. The maximum atomic E-state index is 12.8. The van der Waals surface area contributed by atoms with E-state index in [1.807, 2.05) is 48.4 Å². The molecule has 2 atom stereocenters. The summed E-state index contributed by atoms with van der Waals surface area (Å²) in [5.74, 6) is 0.757. The van der Waals surface area contributed by atoms with Gasteiger partial charge in [0.15, 0.2) is 5.78 Å². The van der Waals surface area contributed by atoms with Crippen molar-refractivity contribution in [1.82, 2.24) is 28.2 Å². The molecular weight excluding hydrogens is 447 g/mol. The van der Waals surface area contributed by atoms with E-state index in [0.717, 1.165) is 36.1 Å². The molecule has 138 valence electrons. The van der Waals surface area contributed by atoms with E-state index in [1.54, 1.807) is 0 Å². The zero-order valence-electron chi connectivity index (χ0n) is 15.2. The number of aryl methyl sites for hydroxylation is 1. The van der Waals surface area contributed by atoms with Crippen molar-refractivity contribution in [1.29, 1.82) is 0 Å². The van der Waals surface area contributed by atoms with Crippen LogP contribution in [0.25, 0.3) is 11.5 Å². The second-order valence-electron chi connectivity index (χ2n) is 8.04. The minimum absolute atomic E-state index is 0.0385. The lowest BCUT2D eigenvalue weighted by Crippen LogP contribution is -2.53. The summed E-state index contributed by atoms with van der Waals surface area (Å²) in [6.45, 7) is 6.13. The van der Waals surface area contributed by atoms with Crippen LogP contribution in [-0.2, 0) is 23.7 Å². The molecule has 2 aliphatic carbocycles. The molecule has 1 N–H and O–H groups in total. The monoisotopic (exact) mass is 468 g/mol. The Hall–Kier alpha value is -1.78. The molecule has 0 amide bonds. The molecule has 2 aromatic heterocycles. The Morgan fingerprint density at radius 2 is 2.04 bits per heavy atom. The van der Waals surface area contributed by atoms with Gasteiger partial charge in [-0.1, -0.05) is 20.8 Å². The number of tetrazole rings is 1. The number of rotatable bonds is 1. The second kappa shape index (κ2) is 5.61. The van der Waals surface area contributed by atoms with Crippen molar-refractivity contribution in [2.24, 2.45) is 18.4 Å². The minimum atomic E-state index is -0.541. The number of hydrogen-bond acceptors (Lipinski definition) is 6. The third-order valence-electron chi connectivity index (χ3n) is 6.20. The van der Waals surface area contributed by atoms with Gasteiger partial charge in [-0.05, 0) is 30.4 Å². The largest absolute Gasteiger partial charge is 0.515 e. The Kier molecular flexibility index (Phi) is 3.80. The summed E-state index contributed by atoms with van der Waals surface area (Å²) in [5, 5.41) is 26.9. The Morgan fingerprint density at radius 1 is 1.31 bits per heavy atom. The molecule has 1 saturated carbocycles. The fraction of sp³-hybridized carbons (Fsp3) is 0.588. The number of Topliss-reactive ketones (excluding diaryl/α,β-unsaturated/α-hetero) is 1. The van der Waals surface area contributed by atoms with Crippen molar-refractivity contribution in [3.63, 3.8) is 0 Å². The predicted molar refractivity (Wildman–Crippen MR) is 103 cm³/mol. The van der Waals surface area contributed by atoms with Crippen molar-refractivity contribution >= 4 is 28.6 Å². The van der Waals surface area contributed by atoms with Crippen LogP contribution in [-0.4, -0.2) is 39.1 Å². The topological polar surface area (TPSA) is 98.7 Å². The summed E-state index contributed by atoms with van der Waals surface area (Å²) in [6.07, 6.45) is 3.18. The molecule has 8 nitrogen and oxygen atoms in total. The number of ketones is 1. The van der Waals surface area contributed by atoms with Crippen LogP contribution < -0.4 is 0 Å². The summed E-state index contributed by atoms with van der Waals surface area (Å²) in [4.78, 5) is 12.8. The predicted octanol–water partition coefficient (Wildman–Crippen LogP) is 2.53. The number of aliphatic hydroxyl groups excluding tert-OH is 1. The standard InChI is InChI=1S/C17H21IN6O2/c1-16(2)11-6-5-10-12(15-19-22-24(18)21-15)23(4)20-13(10)17(11,3)7-9(8-25)14(16)26/h8,11,25H,5-7H2,1-4H3/b9-8-/t11-,17-/m0/s1. The van der Waals surface area contributed by atoms with Crippen molar-refractivity contribution < 1.29 is 9.90 Å². The number of halogens is 1. The van der Waals surface area contributed by atoms with Crippen molar-refractivity contribution in [3.05, 3.63) is 23.1 Å². The first-order valence-corrected chi connectivity index (χ1v) is 9.57. The van der Waals surface area contributed by atoms with Crippen molar-refractivity contribution in [3.8, 4) is 11.5 Å². The molecule has 0 spiro atoms. The van der Waals surface area contributed by atoms with E-state index < -0.39 is 5.41 Å². The lowest BCUT2D eigenvalue weighted by Gasteiger charge is -2.52. The Morgan fingerprint density at radius 3 is 2.65 bits per heavy atom. The minimum Gasteiger partial charge on any atom is -0.515 e. The van der Waals surface area contributed by atoms with E-state index >= 15 is 0 Å². The highest BCUT2D eigenvalue weighted by molar-refractivity contribution is 14.1. The normalized spacial score (nSPS) is 28.9. The number of aliphatic hydroxyl groups is 1. The summed E-state index contributed by atoms with van der Waals surface area (Å²) >= 11 is 1.97. The van der Waals surface area contributed by atoms with Crippen LogP contribution in [0.3, 0.4) is 0 Å². The smallest absolute Gasteiger partial charge is 0.224 e. The molecule has 26 heavy (non-hydrogen) atoms. The second-order valence-corrected chi connectivity index (χ2v) is 8.91. The number of hydrogen-bond donors (Lipinski definition) is 1. The van der Waals surface area contributed by atoms with Crippen LogP contribution in [0.15, 0.2) is 11.8 Å². The van der Waals surface area contributed by atoms with E-state index in [1.165, 1.54) is 3.01 Å². The summed E-state index contributed by atoms with van der Waals surface area (Å²) in [6, 6.07) is 0. The van der Waals surface area contributed by atoms with Crippen molar-refractivity contribution in [2.45, 2.75) is 45.4 Å². The molecule has 2 aromatic rings. The van der Waals surface area contributed by atoms with Gasteiger partial charge in [0.05, 0.1) is 12.0 Å². The molecular formula is C17H21IN6O2. The van der Waals surface area contributed by atoms with Crippen LogP contribution >= 0.6 is 22.9 Å². The van der Waals surface area contributed by atoms with Gasteiger partial charge in [0, 0.05) is 29.0 Å². The van der Waals surface area contributed by atoms with Gasteiger partial charge in [-0.2, -0.15) is 5.10 Å². The number of carbonyl (C=O) groups is 1. The van der Waals surface area contributed by atoms with Crippen LogP contribution in [0.1, 0.15) is 44.9 Å². The van der Waals surface area contributed by atoms with E-state index in [4.69, 9.17) is 5.10 Å². The molecule has 4 rings (SSSR count). The number of nitrogens with zero attached hydrogens (tertiary/aromatic N) is 6. The number of fused-ring (bicyclic) bond motifs is 3. The van der Waals surface area contributed by atoms with Crippen LogP contribution in [0.2, 0.25) is 0 Å². The lowest BCUT2D eigenvalue weighted by atomic mass is 9.50. The Labute approximate surface area is 165 Å². The van der Waals surface area contributed by atoms with Crippen LogP contribution in [0, 0.1) is 11.3 Å². The highest BCUT2D eigenvalue weighted by Crippen LogP contribution is 2.57. The molecule has 9 heteroatoms. The summed E-state index contributed by atoms with van der Waals surface area (Å²) in [5.41, 5.74) is 2.60. The quantitative estimate of drug-likeness (QED) is 0.393. The van der Waals surface area contributed by atoms with Gasteiger partial charge in [0.1, 0.15) is 28.6 Å². The third kappa shape index (κ3) is 2.21. The van der Waals surface area contributed by atoms with Crippen LogP contribution in [0.4, 0.5) is 0 Å². The first-order chi connectivity index (χ1) is 12.2. The fourth-order valence-corrected chi connectivity index (χ4v) is 5.42. The van der Waals surface area contributed by atoms with E-state index in [9.17, 15) is 9.90 Å². The molecule has 2 aliphatic rings. The third-order valence-corrected chi connectivity index (χ3v) is 6.61. The first kappa shape index (κ1) is 17.6. The van der Waals surface area contributed by atoms with E-state index in [-0.39, 0.29) is 17.1 Å². The average Bonchev–Trinajstić information content (AvgIpc) is 3.14. The molecule has 0 saturated heterocycles. The molecule has 2 heterocycles. The fourth-order valence-electron chi connectivity index (χ4n) is 5.12. The lowest BCUT2D eigenvalue weighted by molar-refractivity contribution is -0.131. The van der Waals surface area contributed by atoms with Gasteiger partial charge >= 0.3 is 0 Å². The highest BCUT2D eigenvalue weighted by Gasteiger charge is 2.57. The maximum Gasteiger partial charge on any atom is 0.224 e. The first-order valence-electron chi connectivity index (χ1n) is 8.61. The zero-order valence-corrected chi connectivity index (χ0v) is 17.4. The van der Waals surface area contributed by atoms with Gasteiger partial charge in [-0.15, -0.1) is 13.2 Å². The summed E-state index contributed by atoms with van der Waals surface area (Å²) in [7, 11) is 1.89. The van der Waals surface area contributed by atoms with Gasteiger partial charge in [0.25, 0.3) is 0 Å². The van der Waals surface area contributed by atoms with Crippen molar-refractivity contribution in [2.75, 3.05) is 0 Å². The SMILES string of the molecule is Cn1nc2c(c1-c1nnn(I)n1)CC[C@H]1C(C)(C)C(=O)/C(=C\O)C[C@]21C. The number of carbonyl (C=O) groups excluding carboxylic acids is 1. The molecule has 1 fully saturated rings. The molecule has 0 aromatic carbocycles. The number of aromatic nitrogens is 6. The van der Waals surface area contributed by atoms with Gasteiger partial charge in [-0.3, -0.25) is 9.48 Å². The molecule has 0 aliphatic heterocycles. The van der Waals surface area contributed by atoms with Gasteiger partial charge < -0.3 is 5.11 Å². The van der Waals surface area contributed by atoms with Gasteiger partial charge in [0.2, 0.25) is 5.82 Å². The van der Waals surface area contributed by atoms with Crippen LogP contribution in [0.5, 0.6) is 0 Å². The molecule has 0 unspecified atom stereocenters. The maximum absolute atomic E-state index is 12.8. The Balaban J connectivity index is 1.91. The molecule has 0 radical (unpaired) electrons.